The molecule has 81 heavy (non-hydrogen) atoms. The van der Waals surface area contributed by atoms with Crippen molar-refractivity contribution < 1.29 is 34.4 Å². The predicted octanol–water partition coefficient (Wildman–Crippen LogP) is 12.7. The summed E-state index contributed by atoms with van der Waals surface area (Å²) in [6.45, 7) is 2.90. The molecule has 11 nitrogen and oxygen atoms in total. The van der Waals surface area contributed by atoms with Gasteiger partial charge in [-0.15, -0.1) is 0 Å². The number of allylic oxidation sites excluding steroid dienone is 2. The molecular formula is C68H90N4O7S2. The highest BCUT2D eigenvalue weighted by Gasteiger charge is 2.70. The van der Waals surface area contributed by atoms with Crippen molar-refractivity contribution in [2.24, 2.45) is 67.9 Å². The number of aliphatic imine (C=N–C) groups is 1. The van der Waals surface area contributed by atoms with Crippen LogP contribution in [0, 0.1) is 57.2 Å². The molecule has 10 aliphatic carbocycles. The molecule has 6 N–H and O–H groups in total. The number of aryl methyl sites for hydroxylation is 1. The molecule has 2 aromatic carbocycles. The Balaban J connectivity index is 0.848. The number of nitrogens with zero attached hydrogens (tertiary/aromatic N) is 2. The molecule has 2 aromatic rings. The molecule has 19 rings (SSSR count). The predicted molar refractivity (Wildman–Crippen MR) is 319 cm³/mol. The fourth-order valence-corrected chi connectivity index (χ4v) is 26.9. The molecule has 17 aliphatic rings. The Hall–Kier alpha value is -3.65. The first kappa shape index (κ1) is 54.0. The van der Waals surface area contributed by atoms with E-state index in [-0.39, 0.29) is 92.3 Å². The maximum atomic E-state index is 15.0. The van der Waals surface area contributed by atoms with Crippen LogP contribution < -0.4 is 15.8 Å². The number of hydrogen-bond acceptors (Lipinski definition) is 12. The molecule has 9 fully saturated rings. The van der Waals surface area contributed by atoms with Crippen molar-refractivity contribution >= 4 is 39.4 Å². The van der Waals surface area contributed by atoms with Gasteiger partial charge in [-0.25, -0.2) is 0 Å². The van der Waals surface area contributed by atoms with Gasteiger partial charge in [0.15, 0.2) is 17.5 Å². The average Bonchev–Trinajstić information content (AvgIpc) is 3.44. The van der Waals surface area contributed by atoms with Gasteiger partial charge < -0.3 is 40.7 Å². The summed E-state index contributed by atoms with van der Waals surface area (Å²) in [5.74, 6) is 2.76. The molecule has 0 unspecified atom stereocenters. The lowest BCUT2D eigenvalue weighted by atomic mass is 9.42. The van der Waals surface area contributed by atoms with E-state index < -0.39 is 17.3 Å². The minimum Gasteiger partial charge on any atom is -0.504 e. The number of carbonyl (C=O) groups is 2. The van der Waals surface area contributed by atoms with Gasteiger partial charge in [-0.2, -0.15) is 0 Å². The van der Waals surface area contributed by atoms with Crippen LogP contribution in [0.5, 0.6) is 11.5 Å². The number of benzene rings is 2. The average molecular weight is 1140 g/mol. The molecule has 6 spiro atoms. The lowest BCUT2D eigenvalue weighted by Gasteiger charge is -2.64. The number of phenolic OH excluding ortho intramolecular Hbond substituents is 1. The standard InChI is InChI=1S/C68H90N4O7S2/c1-42(73)78-63-32-21-44-35-46(59(77)60-58(44)45-22-34-66(79-60)29-7-13-47(66)36-45)40-72-41-64(38-57(72)76)48(15-17-51(64)43-11-3-2-4-12-43)39-70-61(69)71-68(31-9-26-62(68)24-5-6-25-62)81-80-55-20-19-52-49(50(23-33-63)54(74)37-63)16-18-53(55)67(52)30-10-28-65(67)27-8-14-56(65)75/h2-4,11-12,19-20,22,34-35,45,47-56,74-75,77H,5-10,13-18,21,23-33,36-41H2,1H3,(H3,69,70,71)/t45-,47+,48+,49-,50+,51-,52-,53-,54+,55-,56+,63-,64+,65+,66+,67-,68+/m0/s1. The van der Waals surface area contributed by atoms with Crippen molar-refractivity contribution in [3.63, 3.8) is 0 Å². The van der Waals surface area contributed by atoms with Crippen LogP contribution in [-0.4, -0.2) is 84.7 Å². The topological polar surface area (TPSA) is 167 Å². The highest BCUT2D eigenvalue weighted by atomic mass is 33.1. The summed E-state index contributed by atoms with van der Waals surface area (Å²) in [5.41, 5.74) is 9.67. The second kappa shape index (κ2) is 20.0. The zero-order valence-electron chi connectivity index (χ0n) is 48.1. The SMILES string of the molecule is CC(=O)O[C@@]12CCc3cc(c(O)c4c3[C@H]3C=C[C@@]5(CCC[C@@H]5C3)O4)CN3C[C@]4(CC3=O)[C@H](CC[C@H]4c3ccccc3)CN=C(N)N[C@]3(CCCC34CCCC4)SS[C@H]3C=C[C@H]4[C@@H](CC[C@@H]3[C@]43CCC[C@@]34CCC[C@H]4O)[C@@H](CC1)[C@H](O)C2. The summed E-state index contributed by atoms with van der Waals surface area (Å²) in [5, 5.41) is 42.5. The van der Waals surface area contributed by atoms with Gasteiger partial charge in [0.05, 0.1) is 12.2 Å². The maximum Gasteiger partial charge on any atom is 0.303 e. The molecule has 7 heterocycles. The number of aliphatic hydroxyl groups is 2. The highest BCUT2D eigenvalue weighted by Crippen LogP contribution is 2.76. The van der Waals surface area contributed by atoms with Crippen molar-refractivity contribution in [1.29, 1.82) is 0 Å². The number of nitrogens with two attached hydrogens (primary N) is 1. The molecule has 8 saturated carbocycles. The number of aliphatic hydroxyl groups excluding tert-OH is 2. The fraction of sp³-hybridized carbons (Fsp3) is 0.721. The Morgan fingerprint density at radius 1 is 0.840 bits per heavy atom. The number of aromatic hydroxyl groups is 1. The quantitative estimate of drug-likeness (QED) is 0.110. The Bertz CT molecular complexity index is 2900. The van der Waals surface area contributed by atoms with Crippen molar-refractivity contribution in [2.75, 3.05) is 13.1 Å². The van der Waals surface area contributed by atoms with E-state index in [1.165, 1.54) is 44.6 Å². The van der Waals surface area contributed by atoms with E-state index in [4.69, 9.17) is 20.2 Å². The van der Waals surface area contributed by atoms with Crippen LogP contribution in [0.3, 0.4) is 0 Å². The smallest absolute Gasteiger partial charge is 0.303 e. The number of nitrogens with one attached hydrogen (secondary N) is 1. The van der Waals surface area contributed by atoms with Gasteiger partial charge in [0.2, 0.25) is 5.91 Å². The number of fused-ring (bicyclic) bond motifs is 2. The summed E-state index contributed by atoms with van der Waals surface area (Å²) >= 11 is 0. The molecule has 436 valence electrons. The molecule has 7 aliphatic heterocycles. The minimum absolute atomic E-state index is 0.0516. The molecular weight excluding hydrogens is 1050 g/mol. The van der Waals surface area contributed by atoms with E-state index in [1.54, 1.807) is 0 Å². The normalized spacial score (nSPS) is 44.7. The summed E-state index contributed by atoms with van der Waals surface area (Å²) in [6, 6.07) is 13.0. The van der Waals surface area contributed by atoms with E-state index >= 15 is 4.79 Å². The van der Waals surface area contributed by atoms with E-state index in [0.717, 1.165) is 120 Å². The first-order valence-electron chi connectivity index (χ1n) is 32.5. The fourth-order valence-electron chi connectivity index (χ4n) is 22.7. The number of phenols is 1. The minimum atomic E-state index is -0.868. The van der Waals surface area contributed by atoms with Crippen molar-refractivity contribution in [2.45, 2.75) is 232 Å². The van der Waals surface area contributed by atoms with Gasteiger partial charge in [0.25, 0.3) is 0 Å². The summed E-state index contributed by atoms with van der Waals surface area (Å²) in [4.78, 5) is 35.6. The number of hydrogen-bond donors (Lipinski definition) is 5. The summed E-state index contributed by atoms with van der Waals surface area (Å²) in [6.07, 6.45) is 35.1. The Labute approximate surface area is 489 Å². The van der Waals surface area contributed by atoms with Gasteiger partial charge in [-0.3, -0.25) is 14.6 Å². The zero-order chi connectivity index (χ0) is 55.2. The summed E-state index contributed by atoms with van der Waals surface area (Å²) in [7, 11) is 4.18. The van der Waals surface area contributed by atoms with E-state index in [0.29, 0.717) is 79.6 Å². The molecule has 12 bridgehead atoms. The lowest BCUT2D eigenvalue weighted by molar-refractivity contribution is -0.178. The highest BCUT2D eigenvalue weighted by molar-refractivity contribution is 8.77. The third-order valence-corrected chi connectivity index (χ3v) is 29.7. The molecule has 13 heteroatoms. The van der Waals surface area contributed by atoms with Crippen LogP contribution in [0.4, 0.5) is 0 Å². The maximum absolute atomic E-state index is 15.0. The van der Waals surface area contributed by atoms with Crippen molar-refractivity contribution in [1.82, 2.24) is 10.2 Å². The van der Waals surface area contributed by atoms with E-state index in [9.17, 15) is 20.1 Å². The molecule has 0 aromatic heterocycles. The molecule has 1 saturated heterocycles. The first-order chi connectivity index (χ1) is 39.2. The second-order valence-corrected chi connectivity index (χ2v) is 31.8. The largest absolute Gasteiger partial charge is 0.504 e. The number of guanidine groups is 1. The molecule has 0 radical (unpaired) electrons. The van der Waals surface area contributed by atoms with Crippen molar-refractivity contribution in [3.05, 3.63) is 83.0 Å². The van der Waals surface area contributed by atoms with Crippen LogP contribution >= 0.6 is 21.6 Å². The van der Waals surface area contributed by atoms with Gasteiger partial charge in [-0.05, 0) is 199 Å². The third-order valence-electron chi connectivity index (χ3n) is 26.1. The van der Waals surface area contributed by atoms with Gasteiger partial charge in [-0.1, -0.05) is 95.8 Å². The van der Waals surface area contributed by atoms with Gasteiger partial charge in [0, 0.05) is 83.9 Å². The first-order valence-corrected chi connectivity index (χ1v) is 34.7. The van der Waals surface area contributed by atoms with Crippen LogP contribution in [0.25, 0.3) is 0 Å². The van der Waals surface area contributed by atoms with E-state index in [1.807, 2.05) is 4.90 Å². The van der Waals surface area contributed by atoms with E-state index in [2.05, 4.69) is 87.6 Å². The van der Waals surface area contributed by atoms with Gasteiger partial charge in [0.1, 0.15) is 16.1 Å². The number of rotatable bonds is 2. The Morgan fingerprint density at radius 3 is 2.47 bits per heavy atom. The van der Waals surface area contributed by atoms with Crippen LogP contribution in [0.2, 0.25) is 0 Å². The van der Waals surface area contributed by atoms with Crippen LogP contribution in [0.1, 0.15) is 208 Å². The van der Waals surface area contributed by atoms with Crippen molar-refractivity contribution in [3.8, 4) is 11.5 Å². The van der Waals surface area contributed by atoms with Gasteiger partial charge >= 0.3 is 5.97 Å². The lowest BCUT2D eigenvalue weighted by Crippen LogP contribution is -2.61. The zero-order valence-corrected chi connectivity index (χ0v) is 49.7. The number of esters is 1. The molecule has 17 atom stereocenters. The summed E-state index contributed by atoms with van der Waals surface area (Å²) < 4.78 is 13.9. The number of carbonyl (C=O) groups excluding carboxylic acids is 2. The third kappa shape index (κ3) is 8.17. The Kier molecular flexibility index (Phi) is 13.3. The monoisotopic (exact) mass is 1140 g/mol. The molecule has 1 amide bonds. The Morgan fingerprint density at radius 2 is 1.65 bits per heavy atom. The van der Waals surface area contributed by atoms with Crippen LogP contribution in [-0.2, 0) is 27.3 Å². The number of amides is 1. The van der Waals surface area contributed by atoms with Crippen LogP contribution in [0.15, 0.2) is 65.7 Å². The second-order valence-electron chi connectivity index (χ2n) is 29.2. The number of ether oxygens (including phenoxy) is 2.